The van der Waals surface area contributed by atoms with Crippen LogP contribution in [0.25, 0.3) is 17.5 Å². The topological polar surface area (TPSA) is 89.1 Å². The number of benzene rings is 3. The number of hydrogen-bond donors (Lipinski definition) is 2. The molecular formula is C26H24N4O3. The van der Waals surface area contributed by atoms with Crippen LogP contribution >= 0.6 is 0 Å². The quantitative estimate of drug-likeness (QED) is 0.377. The summed E-state index contributed by atoms with van der Waals surface area (Å²) in [6.07, 6.45) is 3.23. The summed E-state index contributed by atoms with van der Waals surface area (Å²) >= 11 is 0. The third-order valence-electron chi connectivity index (χ3n) is 4.84. The van der Waals surface area contributed by atoms with Gasteiger partial charge in [0.25, 0.3) is 0 Å². The van der Waals surface area contributed by atoms with Crippen molar-refractivity contribution in [1.29, 1.82) is 0 Å². The van der Waals surface area contributed by atoms with Crippen molar-refractivity contribution in [3.63, 3.8) is 0 Å². The molecule has 0 aliphatic heterocycles. The lowest BCUT2D eigenvalue weighted by Gasteiger charge is -2.07. The summed E-state index contributed by atoms with van der Waals surface area (Å²) in [5.41, 5.74) is 2.83. The Kier molecular flexibility index (Phi) is 7.12. The van der Waals surface area contributed by atoms with E-state index in [1.165, 1.54) is 6.08 Å². The molecule has 0 saturated heterocycles. The maximum Gasteiger partial charge on any atom is 0.244 e. The highest BCUT2D eigenvalue weighted by atomic mass is 16.5. The van der Waals surface area contributed by atoms with Crippen molar-refractivity contribution < 1.29 is 14.3 Å². The number of methoxy groups -OCH3 is 1. The zero-order valence-electron chi connectivity index (χ0n) is 18.2. The van der Waals surface area contributed by atoms with E-state index in [-0.39, 0.29) is 12.5 Å². The summed E-state index contributed by atoms with van der Waals surface area (Å²) in [5, 5.41) is 9.85. The maximum atomic E-state index is 12.2. The molecule has 4 rings (SSSR count). The first-order chi connectivity index (χ1) is 16.2. The summed E-state index contributed by atoms with van der Waals surface area (Å²) in [6, 6.07) is 25.0. The summed E-state index contributed by atoms with van der Waals surface area (Å²) in [7, 11) is 1.62. The molecule has 1 aromatic heterocycles. The van der Waals surface area contributed by atoms with Crippen LogP contribution in [0.4, 0.5) is 0 Å². The molecule has 1 heterocycles. The fourth-order valence-electron chi connectivity index (χ4n) is 3.09. The molecule has 0 aliphatic carbocycles. The number of nitrogens with one attached hydrogen (secondary N) is 2. The van der Waals surface area contributed by atoms with Crippen LogP contribution in [0.3, 0.4) is 0 Å². The van der Waals surface area contributed by atoms with Gasteiger partial charge in [-0.3, -0.25) is 9.89 Å². The lowest BCUT2D eigenvalue weighted by atomic mass is 10.2. The molecule has 0 aliphatic rings. The number of amides is 1. The fourth-order valence-corrected chi connectivity index (χ4v) is 3.09. The summed E-state index contributed by atoms with van der Waals surface area (Å²) in [4.78, 5) is 16.6. The van der Waals surface area contributed by atoms with E-state index in [1.54, 1.807) is 13.2 Å². The first-order valence-corrected chi connectivity index (χ1v) is 10.5. The highest BCUT2D eigenvalue weighted by Gasteiger charge is 2.07. The normalized spacial score (nSPS) is 10.8. The third kappa shape index (κ3) is 6.30. The average Bonchev–Trinajstić information content (AvgIpc) is 3.35. The zero-order valence-corrected chi connectivity index (χ0v) is 18.2. The van der Waals surface area contributed by atoms with Gasteiger partial charge in [0.15, 0.2) is 5.82 Å². The van der Waals surface area contributed by atoms with Gasteiger partial charge in [-0.15, -0.1) is 0 Å². The summed E-state index contributed by atoms with van der Waals surface area (Å²) < 4.78 is 11.0. The Morgan fingerprint density at radius 3 is 2.61 bits per heavy atom. The van der Waals surface area contributed by atoms with Crippen LogP contribution in [-0.4, -0.2) is 28.2 Å². The Labute approximate surface area is 192 Å². The largest absolute Gasteiger partial charge is 0.497 e. The Bertz CT molecular complexity index is 1220. The summed E-state index contributed by atoms with van der Waals surface area (Å²) in [5.74, 6) is 2.41. The third-order valence-corrected chi connectivity index (χ3v) is 4.84. The van der Waals surface area contributed by atoms with Gasteiger partial charge in [0, 0.05) is 11.6 Å². The summed E-state index contributed by atoms with van der Waals surface area (Å²) in [6.45, 7) is 0.733. The minimum atomic E-state index is -0.229. The van der Waals surface area contributed by atoms with Gasteiger partial charge in [-0.05, 0) is 53.6 Å². The van der Waals surface area contributed by atoms with Gasteiger partial charge in [-0.2, -0.15) is 5.10 Å². The fraction of sp³-hybridized carbons (Fsp3) is 0.115. The van der Waals surface area contributed by atoms with Crippen molar-refractivity contribution in [1.82, 2.24) is 20.5 Å². The van der Waals surface area contributed by atoms with Gasteiger partial charge in [-0.1, -0.05) is 42.5 Å². The van der Waals surface area contributed by atoms with Crippen molar-refractivity contribution in [2.24, 2.45) is 0 Å². The second-order valence-electron chi connectivity index (χ2n) is 7.23. The predicted molar refractivity (Wildman–Crippen MR) is 126 cm³/mol. The van der Waals surface area contributed by atoms with Crippen LogP contribution in [-0.2, 0) is 17.9 Å². The number of H-pyrrole nitrogens is 1. The van der Waals surface area contributed by atoms with Crippen molar-refractivity contribution in [2.45, 2.75) is 13.2 Å². The Balaban J connectivity index is 1.28. The molecular weight excluding hydrogens is 416 g/mol. The molecule has 33 heavy (non-hydrogen) atoms. The van der Waals surface area contributed by atoms with Gasteiger partial charge >= 0.3 is 0 Å². The standard InChI is InChI=1S/C26H24N4O3/c1-32-22-13-11-21(12-14-22)26-28-24(29-30-26)17-27-25(31)15-10-19-8-5-9-23(16-19)33-18-20-6-3-2-4-7-20/h2-16H,17-18H2,1H3,(H,27,31)(H,28,29,30)/b15-10+. The number of carbonyl (C=O) groups is 1. The zero-order chi connectivity index (χ0) is 22.9. The first-order valence-electron chi connectivity index (χ1n) is 10.5. The number of aromatic nitrogens is 3. The van der Waals surface area contributed by atoms with Crippen LogP contribution in [0, 0.1) is 0 Å². The van der Waals surface area contributed by atoms with E-state index in [4.69, 9.17) is 9.47 Å². The molecule has 0 fully saturated rings. The first kappa shape index (κ1) is 21.8. The number of ether oxygens (including phenoxy) is 2. The lowest BCUT2D eigenvalue weighted by Crippen LogP contribution is -2.20. The van der Waals surface area contributed by atoms with Crippen molar-refractivity contribution in [3.8, 4) is 22.9 Å². The van der Waals surface area contributed by atoms with Crippen molar-refractivity contribution in [2.75, 3.05) is 7.11 Å². The average molecular weight is 441 g/mol. The van der Waals surface area contributed by atoms with E-state index in [1.807, 2.05) is 78.9 Å². The van der Waals surface area contributed by atoms with Crippen LogP contribution in [0.5, 0.6) is 11.5 Å². The molecule has 4 aromatic rings. The highest BCUT2D eigenvalue weighted by Crippen LogP contribution is 2.19. The number of carbonyl (C=O) groups excluding carboxylic acids is 1. The number of rotatable bonds is 9. The van der Waals surface area contributed by atoms with Gasteiger partial charge in [0.1, 0.15) is 23.9 Å². The van der Waals surface area contributed by atoms with E-state index in [0.717, 1.165) is 28.2 Å². The number of aromatic amines is 1. The second kappa shape index (κ2) is 10.8. The van der Waals surface area contributed by atoms with Crippen molar-refractivity contribution in [3.05, 3.63) is 102 Å². The Morgan fingerprint density at radius 2 is 1.82 bits per heavy atom. The molecule has 0 spiro atoms. The van der Waals surface area contributed by atoms with Crippen molar-refractivity contribution >= 4 is 12.0 Å². The lowest BCUT2D eigenvalue weighted by molar-refractivity contribution is -0.116. The molecule has 0 bridgehead atoms. The van der Waals surface area contributed by atoms with E-state index in [9.17, 15) is 4.79 Å². The Morgan fingerprint density at radius 1 is 1.00 bits per heavy atom. The molecule has 166 valence electrons. The van der Waals surface area contributed by atoms with Gasteiger partial charge in [-0.25, -0.2) is 4.98 Å². The van der Waals surface area contributed by atoms with Gasteiger partial charge in [0.2, 0.25) is 5.91 Å². The molecule has 0 saturated carbocycles. The van der Waals surface area contributed by atoms with Crippen LogP contribution in [0.1, 0.15) is 17.0 Å². The van der Waals surface area contributed by atoms with E-state index in [2.05, 4.69) is 20.5 Å². The molecule has 7 nitrogen and oxygen atoms in total. The molecule has 3 aromatic carbocycles. The number of nitrogens with zero attached hydrogens (tertiary/aromatic N) is 2. The number of hydrogen-bond acceptors (Lipinski definition) is 5. The van der Waals surface area contributed by atoms with E-state index < -0.39 is 0 Å². The second-order valence-corrected chi connectivity index (χ2v) is 7.23. The predicted octanol–water partition coefficient (Wildman–Crippen LogP) is 4.39. The van der Waals surface area contributed by atoms with Crippen LogP contribution in [0.2, 0.25) is 0 Å². The highest BCUT2D eigenvalue weighted by molar-refractivity contribution is 5.91. The SMILES string of the molecule is COc1ccc(-c2n[nH]c(CNC(=O)/C=C/c3cccc(OCc4ccccc4)c3)n2)cc1. The molecule has 0 atom stereocenters. The molecule has 7 heteroatoms. The van der Waals surface area contributed by atoms with Crippen LogP contribution in [0.15, 0.2) is 84.9 Å². The van der Waals surface area contributed by atoms with E-state index >= 15 is 0 Å². The smallest absolute Gasteiger partial charge is 0.244 e. The molecule has 0 radical (unpaired) electrons. The molecule has 1 amide bonds. The maximum absolute atomic E-state index is 12.2. The van der Waals surface area contributed by atoms with Crippen LogP contribution < -0.4 is 14.8 Å². The molecule has 2 N–H and O–H groups in total. The van der Waals surface area contributed by atoms with Gasteiger partial charge in [0.05, 0.1) is 13.7 Å². The monoisotopic (exact) mass is 440 g/mol. The minimum Gasteiger partial charge on any atom is -0.497 e. The minimum absolute atomic E-state index is 0.229. The van der Waals surface area contributed by atoms with E-state index in [0.29, 0.717) is 18.3 Å². The Hall–Kier alpha value is -4.39. The molecule has 0 unspecified atom stereocenters. The van der Waals surface area contributed by atoms with Gasteiger partial charge < -0.3 is 14.8 Å².